The van der Waals surface area contributed by atoms with Gasteiger partial charge in [-0.25, -0.2) is 14.4 Å². The van der Waals surface area contributed by atoms with Crippen LogP contribution in [0.3, 0.4) is 0 Å². The highest BCUT2D eigenvalue weighted by Gasteiger charge is 2.38. The molecule has 208 valence electrons. The van der Waals surface area contributed by atoms with E-state index >= 15 is 0 Å². The maximum Gasteiger partial charge on any atom is 0.338 e. The summed E-state index contributed by atoms with van der Waals surface area (Å²) >= 11 is 12.2. The Morgan fingerprint density at radius 1 is 0.975 bits per heavy atom. The van der Waals surface area contributed by atoms with Crippen molar-refractivity contribution in [3.05, 3.63) is 99.5 Å². The maximum atomic E-state index is 13.5. The molecule has 3 aromatic rings. The number of carbonyl (C=O) groups is 3. The average molecular weight is 582 g/mol. The number of amides is 4. The molecule has 3 aromatic carbocycles. The number of halogens is 2. The summed E-state index contributed by atoms with van der Waals surface area (Å²) in [6, 6.07) is 19.5. The predicted octanol–water partition coefficient (Wildman–Crippen LogP) is 7.48. The van der Waals surface area contributed by atoms with Crippen LogP contribution >= 0.6 is 23.2 Å². The van der Waals surface area contributed by atoms with Crippen LogP contribution in [0.25, 0.3) is 5.70 Å². The summed E-state index contributed by atoms with van der Waals surface area (Å²) in [4.78, 5) is 41.2. The van der Waals surface area contributed by atoms with Gasteiger partial charge in [0, 0.05) is 12.2 Å². The lowest BCUT2D eigenvalue weighted by Gasteiger charge is -2.37. The van der Waals surface area contributed by atoms with Gasteiger partial charge in [0.25, 0.3) is 0 Å². The first-order valence-electron chi connectivity index (χ1n) is 13.0. The molecule has 0 saturated carbocycles. The molecule has 0 bridgehead atoms. The molecule has 1 unspecified atom stereocenters. The number of nitrogens with zero attached hydrogens (tertiary/aromatic N) is 1. The van der Waals surface area contributed by atoms with Gasteiger partial charge in [0.05, 0.1) is 39.7 Å². The van der Waals surface area contributed by atoms with Crippen molar-refractivity contribution in [1.29, 1.82) is 0 Å². The minimum absolute atomic E-state index is 0.174. The molecule has 1 heterocycles. The number of hydrogen-bond donors (Lipinski definition) is 3. The largest absolute Gasteiger partial charge is 0.463 e. The van der Waals surface area contributed by atoms with E-state index in [0.717, 1.165) is 18.4 Å². The monoisotopic (exact) mass is 580 g/mol. The van der Waals surface area contributed by atoms with Gasteiger partial charge in [-0.15, -0.1) is 0 Å². The van der Waals surface area contributed by atoms with E-state index in [-0.39, 0.29) is 17.7 Å². The van der Waals surface area contributed by atoms with E-state index in [0.29, 0.717) is 39.8 Å². The fraction of sp³-hybridized carbons (Fsp3) is 0.233. The van der Waals surface area contributed by atoms with Crippen LogP contribution < -0.4 is 16.0 Å². The summed E-state index contributed by atoms with van der Waals surface area (Å²) in [5, 5.41) is 8.97. The standard InChI is InChI=1S/C30H30Cl2N4O4/c1-3-5-17-36-27(19-11-7-6-8-12-19)24(28(37)40-4-2)26(35-30(36)39)20-13-9-14-21(18-20)33-29(38)34-23-16-10-15-22(31)25(23)32/h6-16,18,26H,3-5,17H2,1-2H3,(H,35,39)(H2,33,34,38). The van der Waals surface area contributed by atoms with Crippen molar-refractivity contribution in [3.8, 4) is 0 Å². The van der Waals surface area contributed by atoms with Crippen LogP contribution in [0.1, 0.15) is 43.9 Å². The molecule has 1 atom stereocenters. The molecule has 4 amide bonds. The van der Waals surface area contributed by atoms with E-state index in [2.05, 4.69) is 16.0 Å². The van der Waals surface area contributed by atoms with E-state index in [1.165, 1.54) is 0 Å². The van der Waals surface area contributed by atoms with Crippen molar-refractivity contribution in [1.82, 2.24) is 10.2 Å². The number of anilines is 2. The molecule has 4 rings (SSSR count). The van der Waals surface area contributed by atoms with Crippen molar-refractivity contribution in [2.75, 3.05) is 23.8 Å². The van der Waals surface area contributed by atoms with E-state index in [1.807, 2.05) is 37.3 Å². The number of hydrogen-bond acceptors (Lipinski definition) is 4. The topological polar surface area (TPSA) is 99.8 Å². The molecule has 8 nitrogen and oxygen atoms in total. The van der Waals surface area contributed by atoms with Crippen molar-refractivity contribution in [3.63, 3.8) is 0 Å². The van der Waals surface area contributed by atoms with Crippen LogP contribution in [0, 0.1) is 0 Å². The molecular formula is C30H30Cl2N4O4. The Labute approximate surface area is 243 Å². The summed E-state index contributed by atoms with van der Waals surface area (Å²) in [7, 11) is 0. The molecule has 0 fully saturated rings. The van der Waals surface area contributed by atoms with Crippen molar-refractivity contribution in [2.24, 2.45) is 0 Å². The van der Waals surface area contributed by atoms with Crippen LogP contribution in [0.2, 0.25) is 10.0 Å². The second-order valence-corrected chi connectivity index (χ2v) is 9.83. The van der Waals surface area contributed by atoms with Gasteiger partial charge in [-0.05, 0) is 48.7 Å². The Bertz CT molecular complexity index is 1430. The first-order chi connectivity index (χ1) is 19.3. The fourth-order valence-electron chi connectivity index (χ4n) is 4.45. The zero-order valence-electron chi connectivity index (χ0n) is 22.2. The van der Waals surface area contributed by atoms with Gasteiger partial charge >= 0.3 is 18.0 Å². The molecule has 0 saturated heterocycles. The molecule has 0 aliphatic carbocycles. The number of esters is 1. The van der Waals surface area contributed by atoms with Crippen molar-refractivity contribution in [2.45, 2.75) is 32.7 Å². The van der Waals surface area contributed by atoms with E-state index in [1.54, 1.807) is 54.3 Å². The SMILES string of the molecule is CCCCN1C(=O)NC(c2cccc(NC(=O)Nc3cccc(Cl)c3Cl)c2)C(C(=O)OCC)=C1c1ccccc1. The first-order valence-corrected chi connectivity index (χ1v) is 13.8. The number of rotatable bonds is 9. The molecule has 0 radical (unpaired) electrons. The predicted molar refractivity (Wildman–Crippen MR) is 158 cm³/mol. The molecule has 0 spiro atoms. The maximum absolute atomic E-state index is 13.5. The molecule has 3 N–H and O–H groups in total. The van der Waals surface area contributed by atoms with Gasteiger partial charge in [-0.2, -0.15) is 0 Å². The zero-order valence-corrected chi connectivity index (χ0v) is 23.7. The second kappa shape index (κ2) is 13.4. The highest BCUT2D eigenvalue weighted by atomic mass is 35.5. The van der Waals surface area contributed by atoms with E-state index in [4.69, 9.17) is 27.9 Å². The van der Waals surface area contributed by atoms with Crippen molar-refractivity contribution >= 4 is 58.3 Å². The third-order valence-corrected chi connectivity index (χ3v) is 7.10. The van der Waals surface area contributed by atoms with Gasteiger partial charge in [0.15, 0.2) is 0 Å². The van der Waals surface area contributed by atoms with E-state index in [9.17, 15) is 14.4 Å². The quantitative estimate of drug-likeness (QED) is 0.228. The third-order valence-electron chi connectivity index (χ3n) is 6.28. The highest BCUT2D eigenvalue weighted by Crippen LogP contribution is 2.37. The third kappa shape index (κ3) is 6.58. The number of benzene rings is 3. The van der Waals surface area contributed by atoms with Crippen molar-refractivity contribution < 1.29 is 19.1 Å². The first kappa shape index (κ1) is 29.0. The van der Waals surface area contributed by atoms with Gasteiger partial charge in [0.2, 0.25) is 0 Å². The van der Waals surface area contributed by atoms with Gasteiger partial charge < -0.3 is 20.7 Å². The highest BCUT2D eigenvalue weighted by molar-refractivity contribution is 6.44. The van der Waals surface area contributed by atoms with Gasteiger partial charge in [0.1, 0.15) is 0 Å². The fourth-order valence-corrected chi connectivity index (χ4v) is 4.80. The van der Waals surface area contributed by atoms with Crippen LogP contribution in [0.15, 0.2) is 78.4 Å². The Balaban J connectivity index is 1.72. The Morgan fingerprint density at radius 2 is 1.73 bits per heavy atom. The Morgan fingerprint density at radius 3 is 2.45 bits per heavy atom. The smallest absolute Gasteiger partial charge is 0.338 e. The van der Waals surface area contributed by atoms with Gasteiger partial charge in [-0.3, -0.25) is 4.90 Å². The van der Waals surface area contributed by atoms with E-state index < -0.39 is 18.0 Å². The summed E-state index contributed by atoms with van der Waals surface area (Å²) in [5.41, 5.74) is 2.95. The Kier molecular flexibility index (Phi) is 9.69. The van der Waals surface area contributed by atoms with Crippen LogP contribution in [0.5, 0.6) is 0 Å². The lowest BCUT2D eigenvalue weighted by Crippen LogP contribution is -2.48. The lowest BCUT2D eigenvalue weighted by molar-refractivity contribution is -0.138. The minimum Gasteiger partial charge on any atom is -0.463 e. The molecule has 0 aromatic heterocycles. The summed E-state index contributed by atoms with van der Waals surface area (Å²) in [6.07, 6.45) is 1.63. The average Bonchev–Trinajstić information content (AvgIpc) is 2.95. The summed E-state index contributed by atoms with van der Waals surface area (Å²) in [5.74, 6) is -0.528. The summed E-state index contributed by atoms with van der Waals surface area (Å²) < 4.78 is 5.48. The number of nitrogens with one attached hydrogen (secondary N) is 3. The molecule has 1 aliphatic rings. The van der Waals surface area contributed by atoms with Crippen LogP contribution in [0.4, 0.5) is 21.0 Å². The Hall–Kier alpha value is -4.01. The zero-order chi connectivity index (χ0) is 28.6. The molecule has 10 heteroatoms. The van der Waals surface area contributed by atoms with Crippen LogP contribution in [-0.2, 0) is 9.53 Å². The number of urea groups is 2. The summed E-state index contributed by atoms with van der Waals surface area (Å²) in [6.45, 7) is 4.39. The second-order valence-electron chi connectivity index (χ2n) is 9.04. The normalized spacial score (nSPS) is 14.9. The molecule has 40 heavy (non-hydrogen) atoms. The number of ether oxygens (including phenoxy) is 1. The number of carbonyl (C=O) groups excluding carboxylic acids is 3. The lowest BCUT2D eigenvalue weighted by atomic mass is 9.91. The molecular weight excluding hydrogens is 551 g/mol. The van der Waals surface area contributed by atoms with Gasteiger partial charge in [-0.1, -0.05) is 85.1 Å². The molecule has 1 aliphatic heterocycles. The van der Waals surface area contributed by atoms with Crippen LogP contribution in [-0.4, -0.2) is 36.1 Å². The minimum atomic E-state index is -0.813. The number of unbranched alkanes of at least 4 members (excludes halogenated alkanes) is 1.